The van der Waals surface area contributed by atoms with Gasteiger partial charge in [-0.1, -0.05) is 6.08 Å². The van der Waals surface area contributed by atoms with Crippen LogP contribution in [0.5, 0.6) is 5.75 Å². The second-order valence-electron chi connectivity index (χ2n) is 4.80. The SMILES string of the molecule is COC(OC)C1(C)C=Cc2c(ccc([N+](=O)[O-])c2C)O1. The lowest BCUT2D eigenvalue weighted by Crippen LogP contribution is -2.46. The number of nitro groups is 1. The first-order valence-corrected chi connectivity index (χ1v) is 6.14. The van der Waals surface area contributed by atoms with Crippen molar-refractivity contribution in [1.82, 2.24) is 0 Å². The number of rotatable bonds is 4. The number of benzene rings is 1. The molecule has 0 bridgehead atoms. The van der Waals surface area contributed by atoms with E-state index in [9.17, 15) is 10.1 Å². The Bertz CT molecular complexity index is 565. The summed E-state index contributed by atoms with van der Waals surface area (Å²) in [7, 11) is 3.07. The molecule has 1 aliphatic rings. The van der Waals surface area contributed by atoms with E-state index in [-0.39, 0.29) is 5.69 Å². The number of methoxy groups -OCH3 is 2. The fraction of sp³-hybridized carbons (Fsp3) is 0.429. The summed E-state index contributed by atoms with van der Waals surface area (Å²) >= 11 is 0. The van der Waals surface area contributed by atoms with E-state index in [0.717, 1.165) is 0 Å². The molecule has 0 spiro atoms. The molecule has 20 heavy (non-hydrogen) atoms. The third kappa shape index (κ3) is 2.28. The topological polar surface area (TPSA) is 70.8 Å². The Labute approximate surface area is 117 Å². The van der Waals surface area contributed by atoms with Gasteiger partial charge in [0.05, 0.1) is 4.92 Å². The Hall–Kier alpha value is -1.92. The molecule has 0 fully saturated rings. The van der Waals surface area contributed by atoms with Crippen molar-refractivity contribution in [3.8, 4) is 5.75 Å². The minimum atomic E-state index is -0.779. The molecule has 6 heteroatoms. The van der Waals surface area contributed by atoms with Crippen molar-refractivity contribution in [2.75, 3.05) is 14.2 Å². The van der Waals surface area contributed by atoms with Gasteiger partial charge in [0.25, 0.3) is 5.69 Å². The van der Waals surface area contributed by atoms with Gasteiger partial charge < -0.3 is 14.2 Å². The molecule has 1 unspecified atom stereocenters. The van der Waals surface area contributed by atoms with Crippen molar-refractivity contribution in [2.45, 2.75) is 25.7 Å². The molecule has 1 aromatic rings. The summed E-state index contributed by atoms with van der Waals surface area (Å²) in [4.78, 5) is 10.5. The van der Waals surface area contributed by atoms with Crippen LogP contribution in [0.2, 0.25) is 0 Å². The third-order valence-electron chi connectivity index (χ3n) is 3.45. The largest absolute Gasteiger partial charge is 0.477 e. The van der Waals surface area contributed by atoms with E-state index in [1.54, 1.807) is 19.1 Å². The second-order valence-corrected chi connectivity index (χ2v) is 4.80. The van der Waals surface area contributed by atoms with Gasteiger partial charge in [-0.3, -0.25) is 10.1 Å². The highest BCUT2D eigenvalue weighted by Gasteiger charge is 2.38. The monoisotopic (exact) mass is 279 g/mol. The molecule has 108 valence electrons. The molecule has 1 aliphatic heterocycles. The van der Waals surface area contributed by atoms with Gasteiger partial charge in [0.15, 0.2) is 5.60 Å². The Balaban J connectivity index is 2.44. The standard InChI is InChI=1S/C14H17NO5/c1-9-10-7-8-14(2,13(18-3)19-4)20-12(10)6-5-11(9)15(16)17/h5-8,13H,1-4H3. The van der Waals surface area contributed by atoms with E-state index >= 15 is 0 Å². The van der Waals surface area contributed by atoms with E-state index in [4.69, 9.17) is 14.2 Å². The van der Waals surface area contributed by atoms with E-state index in [0.29, 0.717) is 16.9 Å². The molecule has 0 saturated heterocycles. The second kappa shape index (κ2) is 5.22. The lowest BCUT2D eigenvalue weighted by molar-refractivity contribution is -0.385. The molecule has 0 aliphatic carbocycles. The first-order valence-electron chi connectivity index (χ1n) is 6.14. The van der Waals surface area contributed by atoms with E-state index < -0.39 is 16.8 Å². The van der Waals surface area contributed by atoms with Crippen LogP contribution in [0.25, 0.3) is 6.08 Å². The maximum Gasteiger partial charge on any atom is 0.273 e. The molecule has 1 heterocycles. The highest BCUT2D eigenvalue weighted by molar-refractivity contribution is 5.68. The molecule has 1 atom stereocenters. The molecule has 1 aromatic carbocycles. The average molecular weight is 279 g/mol. The Kier molecular flexibility index (Phi) is 3.78. The van der Waals surface area contributed by atoms with E-state index in [2.05, 4.69) is 0 Å². The van der Waals surface area contributed by atoms with Crippen molar-refractivity contribution >= 4 is 11.8 Å². The third-order valence-corrected chi connectivity index (χ3v) is 3.45. The van der Waals surface area contributed by atoms with Crippen LogP contribution in [0.1, 0.15) is 18.1 Å². The number of ether oxygens (including phenoxy) is 3. The van der Waals surface area contributed by atoms with Crippen molar-refractivity contribution < 1.29 is 19.1 Å². The van der Waals surface area contributed by atoms with Crippen LogP contribution in [-0.2, 0) is 9.47 Å². The minimum Gasteiger partial charge on any atom is -0.477 e. The van der Waals surface area contributed by atoms with Gasteiger partial charge in [0.2, 0.25) is 6.29 Å². The minimum absolute atomic E-state index is 0.0793. The summed E-state index contributed by atoms with van der Waals surface area (Å²) in [5, 5.41) is 10.9. The quantitative estimate of drug-likeness (QED) is 0.481. The van der Waals surface area contributed by atoms with Gasteiger partial charge in [-0.15, -0.1) is 0 Å². The summed E-state index contributed by atoms with van der Waals surface area (Å²) in [5.41, 5.74) is 0.592. The van der Waals surface area contributed by atoms with Crippen LogP contribution >= 0.6 is 0 Å². The van der Waals surface area contributed by atoms with Gasteiger partial charge in [-0.05, 0) is 26.0 Å². The van der Waals surface area contributed by atoms with Crippen LogP contribution in [0.15, 0.2) is 18.2 Å². The number of nitro benzene ring substituents is 1. The Morgan fingerprint density at radius 1 is 1.35 bits per heavy atom. The van der Waals surface area contributed by atoms with Crippen molar-refractivity contribution in [2.24, 2.45) is 0 Å². The fourth-order valence-electron chi connectivity index (χ4n) is 2.40. The molecular weight excluding hydrogens is 262 g/mol. The maximum atomic E-state index is 10.9. The normalized spacial score (nSPS) is 20.6. The Morgan fingerprint density at radius 2 is 2.00 bits per heavy atom. The molecule has 6 nitrogen and oxygen atoms in total. The predicted octanol–water partition coefficient (Wildman–Crippen LogP) is 2.69. The average Bonchev–Trinajstić information content (AvgIpc) is 2.39. The zero-order valence-corrected chi connectivity index (χ0v) is 11.9. The molecule has 0 amide bonds. The molecule has 0 N–H and O–H groups in total. The smallest absolute Gasteiger partial charge is 0.273 e. The van der Waals surface area contributed by atoms with Crippen molar-refractivity contribution in [1.29, 1.82) is 0 Å². The van der Waals surface area contributed by atoms with Gasteiger partial charge in [-0.25, -0.2) is 0 Å². The summed E-state index contributed by atoms with van der Waals surface area (Å²) in [6.45, 7) is 3.54. The summed E-state index contributed by atoms with van der Waals surface area (Å²) < 4.78 is 16.4. The van der Waals surface area contributed by atoms with Crippen molar-refractivity contribution in [3.05, 3.63) is 39.4 Å². The first-order chi connectivity index (χ1) is 9.42. The summed E-state index contributed by atoms with van der Waals surface area (Å²) in [6, 6.07) is 3.05. The maximum absolute atomic E-state index is 10.9. The zero-order chi connectivity index (χ0) is 14.9. The number of fused-ring (bicyclic) bond motifs is 1. The molecule has 2 rings (SSSR count). The van der Waals surface area contributed by atoms with E-state index in [1.165, 1.54) is 20.3 Å². The van der Waals surface area contributed by atoms with Crippen LogP contribution < -0.4 is 4.74 Å². The zero-order valence-electron chi connectivity index (χ0n) is 11.9. The predicted molar refractivity (Wildman–Crippen MR) is 73.7 cm³/mol. The first kappa shape index (κ1) is 14.5. The van der Waals surface area contributed by atoms with Gasteiger partial charge in [0.1, 0.15) is 5.75 Å². The fourth-order valence-corrected chi connectivity index (χ4v) is 2.40. The molecule has 0 saturated carbocycles. The van der Waals surface area contributed by atoms with Crippen LogP contribution in [0, 0.1) is 17.0 Å². The molecular formula is C14H17NO5. The summed E-state index contributed by atoms with van der Waals surface area (Å²) in [5.74, 6) is 0.581. The molecule has 0 aromatic heterocycles. The number of hydrogen-bond acceptors (Lipinski definition) is 5. The lowest BCUT2D eigenvalue weighted by Gasteiger charge is -2.36. The lowest BCUT2D eigenvalue weighted by atomic mass is 9.96. The highest BCUT2D eigenvalue weighted by Crippen LogP contribution is 2.38. The summed E-state index contributed by atoms with van der Waals surface area (Å²) in [6.07, 6.45) is 3.04. The van der Waals surface area contributed by atoms with Crippen LogP contribution in [-0.4, -0.2) is 31.0 Å². The number of hydrogen-bond donors (Lipinski definition) is 0. The van der Waals surface area contributed by atoms with Gasteiger partial charge in [0, 0.05) is 31.4 Å². The Morgan fingerprint density at radius 3 is 2.55 bits per heavy atom. The van der Waals surface area contributed by atoms with Gasteiger partial charge in [-0.2, -0.15) is 0 Å². The molecule has 0 radical (unpaired) electrons. The van der Waals surface area contributed by atoms with E-state index in [1.807, 2.05) is 13.0 Å². The van der Waals surface area contributed by atoms with Crippen molar-refractivity contribution in [3.63, 3.8) is 0 Å². The number of nitrogens with zero attached hydrogens (tertiary/aromatic N) is 1. The van der Waals surface area contributed by atoms with Crippen LogP contribution in [0.3, 0.4) is 0 Å². The van der Waals surface area contributed by atoms with Crippen LogP contribution in [0.4, 0.5) is 5.69 Å². The highest BCUT2D eigenvalue weighted by atomic mass is 16.7. The van der Waals surface area contributed by atoms with Gasteiger partial charge >= 0.3 is 0 Å².